The lowest BCUT2D eigenvalue weighted by atomic mass is 9.86. The van der Waals surface area contributed by atoms with Gasteiger partial charge in [0.1, 0.15) is 11.5 Å². The molecule has 1 amide bonds. The molecule has 1 fully saturated rings. The predicted molar refractivity (Wildman–Crippen MR) is 171 cm³/mol. The summed E-state index contributed by atoms with van der Waals surface area (Å²) in [7, 11) is 1.69. The number of unbranched alkanes of at least 4 members (excludes halogenated alkanes) is 1. The van der Waals surface area contributed by atoms with E-state index in [0.29, 0.717) is 12.5 Å². The zero-order chi connectivity index (χ0) is 30.2. The Kier molecular flexibility index (Phi) is 10.2. The Morgan fingerprint density at radius 1 is 1.07 bits per heavy atom. The average molecular weight is 581 g/mol. The van der Waals surface area contributed by atoms with Gasteiger partial charge in [-0.3, -0.25) is 9.69 Å². The van der Waals surface area contributed by atoms with E-state index in [0.717, 1.165) is 48.4 Å². The summed E-state index contributed by atoms with van der Waals surface area (Å²) in [4.78, 5) is 22.2. The fourth-order valence-corrected chi connectivity index (χ4v) is 6.48. The summed E-state index contributed by atoms with van der Waals surface area (Å²) in [5.41, 5.74) is 12.5. The molecule has 1 unspecified atom stereocenters. The Bertz CT molecular complexity index is 1480. The van der Waals surface area contributed by atoms with Gasteiger partial charge in [-0.25, -0.2) is 4.98 Å². The molecule has 0 aliphatic heterocycles. The van der Waals surface area contributed by atoms with Crippen molar-refractivity contribution in [3.05, 3.63) is 101 Å². The van der Waals surface area contributed by atoms with Gasteiger partial charge < -0.3 is 20.6 Å². The molecule has 0 bridgehead atoms. The number of imidazole rings is 1. The summed E-state index contributed by atoms with van der Waals surface area (Å²) >= 11 is 0. The van der Waals surface area contributed by atoms with Gasteiger partial charge in [0.2, 0.25) is 0 Å². The number of aromatic hydroxyl groups is 1. The first-order chi connectivity index (χ1) is 21.0. The molecule has 0 radical (unpaired) electrons. The van der Waals surface area contributed by atoms with Crippen LogP contribution in [-0.2, 0) is 13.0 Å². The minimum atomic E-state index is -0.629. The van der Waals surface area contributed by atoms with Crippen LogP contribution in [0.2, 0.25) is 0 Å². The van der Waals surface area contributed by atoms with Crippen molar-refractivity contribution in [2.24, 2.45) is 11.7 Å². The van der Waals surface area contributed by atoms with E-state index in [1.165, 1.54) is 48.8 Å². The fraction of sp³-hybridized carbons (Fsp3) is 0.389. The van der Waals surface area contributed by atoms with Crippen molar-refractivity contribution in [2.75, 3.05) is 13.7 Å². The maximum absolute atomic E-state index is 11.8. The lowest BCUT2D eigenvalue weighted by Gasteiger charge is -2.36. The molecule has 1 aromatic heterocycles. The van der Waals surface area contributed by atoms with Crippen LogP contribution in [0.25, 0.3) is 11.1 Å². The van der Waals surface area contributed by atoms with E-state index in [4.69, 9.17) is 10.5 Å². The lowest BCUT2D eigenvalue weighted by Crippen LogP contribution is -2.35. The number of aromatic nitrogens is 2. The van der Waals surface area contributed by atoms with Crippen molar-refractivity contribution in [1.29, 1.82) is 0 Å². The highest BCUT2D eigenvalue weighted by Gasteiger charge is 2.29. The number of nitrogens with two attached hydrogens (primary N) is 1. The summed E-state index contributed by atoms with van der Waals surface area (Å²) in [6.45, 7) is 3.77. The summed E-state index contributed by atoms with van der Waals surface area (Å²) in [5.74, 6) is 0.735. The third-order valence-electron chi connectivity index (χ3n) is 8.77. The van der Waals surface area contributed by atoms with Crippen LogP contribution in [0, 0.1) is 5.92 Å². The van der Waals surface area contributed by atoms with Crippen molar-refractivity contribution in [3.8, 4) is 22.6 Å². The minimum absolute atomic E-state index is 0.0563. The first-order valence-electron chi connectivity index (χ1n) is 15.6. The van der Waals surface area contributed by atoms with Gasteiger partial charge in [-0.05, 0) is 83.7 Å². The van der Waals surface area contributed by atoms with E-state index in [9.17, 15) is 9.90 Å². The van der Waals surface area contributed by atoms with Gasteiger partial charge in [-0.15, -0.1) is 0 Å². The number of amides is 1. The lowest BCUT2D eigenvalue weighted by molar-refractivity contribution is 0.0997. The molecule has 1 saturated carbocycles. The largest absolute Gasteiger partial charge is 0.507 e. The number of primary amides is 1. The number of aryl methyl sites for hydroxylation is 1. The Hall–Kier alpha value is -4.10. The highest BCUT2D eigenvalue weighted by molar-refractivity contribution is 5.95. The third-order valence-corrected chi connectivity index (χ3v) is 8.77. The average Bonchev–Trinajstić information content (AvgIpc) is 3.55. The van der Waals surface area contributed by atoms with Gasteiger partial charge in [-0.2, -0.15) is 0 Å². The number of hydrogen-bond acceptors (Lipinski definition) is 5. The number of phenols is 1. The molecule has 7 nitrogen and oxygen atoms in total. The number of nitrogens with one attached hydrogen (secondary N) is 1. The molecule has 4 aromatic rings. The topological polar surface area (TPSA) is 104 Å². The molecule has 0 spiro atoms. The number of aromatic amines is 1. The number of hydrogen-bond donors (Lipinski definition) is 3. The molecule has 226 valence electrons. The molecule has 43 heavy (non-hydrogen) atoms. The van der Waals surface area contributed by atoms with Crippen molar-refractivity contribution in [2.45, 2.75) is 70.9 Å². The van der Waals surface area contributed by atoms with Crippen LogP contribution in [0.15, 0.2) is 73.2 Å². The molecule has 1 heterocycles. The van der Waals surface area contributed by atoms with E-state index in [1.807, 2.05) is 24.4 Å². The van der Waals surface area contributed by atoms with Gasteiger partial charge in [-0.1, -0.05) is 69.0 Å². The van der Waals surface area contributed by atoms with E-state index in [2.05, 4.69) is 52.1 Å². The van der Waals surface area contributed by atoms with Crippen molar-refractivity contribution >= 4 is 5.91 Å². The van der Waals surface area contributed by atoms with Crippen molar-refractivity contribution in [3.63, 3.8) is 0 Å². The molecular weight excluding hydrogens is 536 g/mol. The molecule has 3 aromatic carbocycles. The third kappa shape index (κ3) is 7.46. The first kappa shape index (κ1) is 30.4. The van der Waals surface area contributed by atoms with Crippen molar-refractivity contribution in [1.82, 2.24) is 14.9 Å². The molecule has 7 heteroatoms. The Morgan fingerprint density at radius 2 is 1.84 bits per heavy atom. The normalized spacial score (nSPS) is 14.6. The zero-order valence-corrected chi connectivity index (χ0v) is 25.4. The molecular formula is C36H44N4O3. The van der Waals surface area contributed by atoms with Crippen LogP contribution in [0.1, 0.15) is 90.7 Å². The van der Waals surface area contributed by atoms with Crippen LogP contribution in [-0.4, -0.2) is 39.5 Å². The van der Waals surface area contributed by atoms with Crippen LogP contribution in [0.4, 0.5) is 0 Å². The Labute approximate surface area is 255 Å². The summed E-state index contributed by atoms with van der Waals surface area (Å²) in [6, 6.07) is 20.3. The highest BCUT2D eigenvalue weighted by atomic mass is 16.5. The second-order valence-electron chi connectivity index (χ2n) is 11.8. The Morgan fingerprint density at radius 3 is 2.49 bits per heavy atom. The number of ether oxygens (including phenoxy) is 1. The van der Waals surface area contributed by atoms with Crippen LogP contribution in [0.5, 0.6) is 11.5 Å². The zero-order valence-electron chi connectivity index (χ0n) is 25.4. The minimum Gasteiger partial charge on any atom is -0.507 e. The number of methoxy groups -OCH3 is 1. The molecule has 0 saturated heterocycles. The molecule has 1 aliphatic carbocycles. The SMILES string of the molecule is CCCCc1cc(-c2ccc(OC)cc2)ccc1C(c1cnc[nH]1)N(Cc1ccc(C(N)=O)c(O)c1)CC1CCCCC1. The summed E-state index contributed by atoms with van der Waals surface area (Å²) in [6.07, 6.45) is 13.1. The number of rotatable bonds is 13. The van der Waals surface area contributed by atoms with Crippen LogP contribution >= 0.6 is 0 Å². The molecule has 4 N–H and O–H groups in total. The number of benzene rings is 3. The van der Waals surface area contributed by atoms with Gasteiger partial charge in [0.15, 0.2) is 0 Å². The van der Waals surface area contributed by atoms with Gasteiger partial charge in [0, 0.05) is 19.3 Å². The second kappa shape index (κ2) is 14.4. The maximum Gasteiger partial charge on any atom is 0.252 e. The Balaban J connectivity index is 1.58. The van der Waals surface area contributed by atoms with Gasteiger partial charge in [0.05, 0.1) is 30.7 Å². The molecule has 5 rings (SSSR count). The number of carbonyl (C=O) groups is 1. The number of H-pyrrole nitrogens is 1. The van der Waals surface area contributed by atoms with E-state index in [1.54, 1.807) is 25.6 Å². The van der Waals surface area contributed by atoms with Crippen molar-refractivity contribution < 1.29 is 14.6 Å². The standard InChI is InChI=1S/C36H44N4O3/c1-3-4-10-29-20-28(27-12-15-30(43-2)16-13-27)14-18-31(29)35(33-21-38-24-39-33)40(22-25-8-6-5-7-9-25)23-26-11-17-32(36(37)42)34(41)19-26/h11-21,24-25,35,41H,3-10,22-23H2,1-2H3,(H2,37,42)(H,38,39). The first-order valence-corrected chi connectivity index (χ1v) is 15.6. The molecule has 1 aliphatic rings. The maximum atomic E-state index is 11.8. The van der Waals surface area contributed by atoms with E-state index < -0.39 is 5.91 Å². The van der Waals surface area contributed by atoms with E-state index in [-0.39, 0.29) is 17.4 Å². The summed E-state index contributed by atoms with van der Waals surface area (Å²) in [5, 5.41) is 10.6. The predicted octanol–water partition coefficient (Wildman–Crippen LogP) is 7.40. The quantitative estimate of drug-likeness (QED) is 0.153. The monoisotopic (exact) mass is 580 g/mol. The summed E-state index contributed by atoms with van der Waals surface area (Å²) < 4.78 is 5.38. The van der Waals surface area contributed by atoms with Crippen LogP contribution < -0.4 is 10.5 Å². The fourth-order valence-electron chi connectivity index (χ4n) is 6.48. The van der Waals surface area contributed by atoms with Crippen LogP contribution in [0.3, 0.4) is 0 Å². The van der Waals surface area contributed by atoms with Gasteiger partial charge in [0.25, 0.3) is 5.91 Å². The van der Waals surface area contributed by atoms with Gasteiger partial charge >= 0.3 is 0 Å². The smallest absolute Gasteiger partial charge is 0.252 e. The number of nitrogens with zero attached hydrogens (tertiary/aromatic N) is 2. The second-order valence-corrected chi connectivity index (χ2v) is 11.8. The van der Waals surface area contributed by atoms with E-state index >= 15 is 0 Å². The highest BCUT2D eigenvalue weighted by Crippen LogP contribution is 2.37. The number of carbonyl (C=O) groups excluding carboxylic acids is 1. The molecule has 1 atom stereocenters.